The molecular formula is C23H32N2O6. The van der Waals surface area contributed by atoms with Gasteiger partial charge in [-0.05, 0) is 45.1 Å². The molecule has 1 aromatic rings. The van der Waals surface area contributed by atoms with E-state index in [2.05, 4.69) is 5.32 Å². The Hall–Kier alpha value is -2.45. The van der Waals surface area contributed by atoms with Crippen molar-refractivity contribution in [3.63, 3.8) is 0 Å². The first-order chi connectivity index (χ1) is 14.9. The molecule has 31 heavy (non-hydrogen) atoms. The molecule has 1 amide bonds. The molecule has 0 bridgehead atoms. The predicted octanol–water partition coefficient (Wildman–Crippen LogP) is 1.62. The number of benzene rings is 1. The summed E-state index contributed by atoms with van der Waals surface area (Å²) < 4.78 is 10.7. The Morgan fingerprint density at radius 3 is 2.65 bits per heavy atom. The van der Waals surface area contributed by atoms with Gasteiger partial charge >= 0.3 is 11.9 Å². The van der Waals surface area contributed by atoms with Gasteiger partial charge < -0.3 is 19.5 Å². The second-order valence-corrected chi connectivity index (χ2v) is 8.26. The Morgan fingerprint density at radius 1 is 1.23 bits per heavy atom. The third-order valence-corrected chi connectivity index (χ3v) is 6.17. The number of likely N-dealkylation sites (tertiary alicyclic amines) is 1. The zero-order valence-electron chi connectivity index (χ0n) is 18.2. The highest BCUT2D eigenvalue weighted by Gasteiger charge is 2.46. The zero-order valence-corrected chi connectivity index (χ0v) is 18.2. The van der Waals surface area contributed by atoms with Gasteiger partial charge in [0.25, 0.3) is 0 Å². The molecule has 170 valence electrons. The van der Waals surface area contributed by atoms with Crippen molar-refractivity contribution < 1.29 is 29.0 Å². The zero-order chi connectivity index (χ0) is 22.4. The number of ether oxygens (including phenoxy) is 2. The van der Waals surface area contributed by atoms with Gasteiger partial charge in [-0.15, -0.1) is 0 Å². The van der Waals surface area contributed by atoms with Gasteiger partial charge in [-0.2, -0.15) is 0 Å². The van der Waals surface area contributed by atoms with Crippen LogP contribution in [0.25, 0.3) is 0 Å². The van der Waals surface area contributed by atoms with Crippen molar-refractivity contribution in [3.05, 3.63) is 35.9 Å². The number of esters is 1. The molecule has 2 aliphatic rings. The van der Waals surface area contributed by atoms with E-state index in [0.29, 0.717) is 32.5 Å². The number of rotatable bonds is 9. The molecule has 3 rings (SSSR count). The van der Waals surface area contributed by atoms with Crippen LogP contribution in [0.1, 0.15) is 38.7 Å². The number of aliphatic carboxylic acids is 1. The summed E-state index contributed by atoms with van der Waals surface area (Å²) in [5.74, 6) is -1.57. The van der Waals surface area contributed by atoms with E-state index >= 15 is 0 Å². The predicted molar refractivity (Wildman–Crippen MR) is 113 cm³/mol. The number of carbonyl (C=O) groups excluding carboxylic acids is 2. The highest BCUT2D eigenvalue weighted by Crippen LogP contribution is 2.33. The van der Waals surface area contributed by atoms with E-state index in [1.165, 1.54) is 4.90 Å². The fourth-order valence-corrected chi connectivity index (χ4v) is 4.54. The lowest BCUT2D eigenvalue weighted by molar-refractivity contribution is -0.157. The monoisotopic (exact) mass is 432 g/mol. The highest BCUT2D eigenvalue weighted by atomic mass is 16.5. The molecule has 2 fully saturated rings. The molecule has 0 aromatic heterocycles. The van der Waals surface area contributed by atoms with Crippen LogP contribution >= 0.6 is 0 Å². The highest BCUT2D eigenvalue weighted by molar-refractivity contribution is 5.88. The van der Waals surface area contributed by atoms with Crippen LogP contribution in [0.2, 0.25) is 0 Å². The molecule has 0 aliphatic carbocycles. The Morgan fingerprint density at radius 2 is 1.97 bits per heavy atom. The van der Waals surface area contributed by atoms with Crippen LogP contribution in [0.3, 0.4) is 0 Å². The van der Waals surface area contributed by atoms with Crippen molar-refractivity contribution in [2.45, 2.75) is 63.7 Å². The largest absolute Gasteiger partial charge is 0.480 e. The Balaban J connectivity index is 1.71. The average molecular weight is 433 g/mol. The van der Waals surface area contributed by atoms with Crippen molar-refractivity contribution in [1.82, 2.24) is 10.2 Å². The molecular weight excluding hydrogens is 400 g/mol. The van der Waals surface area contributed by atoms with Gasteiger partial charge in [0.2, 0.25) is 5.91 Å². The lowest BCUT2D eigenvalue weighted by Gasteiger charge is -2.42. The number of hydrogen-bond donors (Lipinski definition) is 2. The van der Waals surface area contributed by atoms with E-state index in [1.807, 2.05) is 30.3 Å². The molecule has 5 atom stereocenters. The van der Waals surface area contributed by atoms with E-state index < -0.39 is 30.1 Å². The normalized spacial score (nSPS) is 24.8. The maximum absolute atomic E-state index is 13.3. The first-order valence-corrected chi connectivity index (χ1v) is 11.0. The average Bonchev–Trinajstić information content (AvgIpc) is 3.25. The van der Waals surface area contributed by atoms with Gasteiger partial charge in [0.05, 0.1) is 31.9 Å². The summed E-state index contributed by atoms with van der Waals surface area (Å²) in [5, 5.41) is 12.8. The van der Waals surface area contributed by atoms with E-state index in [-0.39, 0.29) is 24.5 Å². The van der Waals surface area contributed by atoms with Gasteiger partial charge in [0.15, 0.2) is 0 Å². The fourth-order valence-electron chi connectivity index (χ4n) is 4.54. The minimum absolute atomic E-state index is 0.158. The van der Waals surface area contributed by atoms with Crippen molar-refractivity contribution in [2.75, 3.05) is 19.8 Å². The third kappa shape index (κ3) is 5.62. The van der Waals surface area contributed by atoms with Crippen LogP contribution in [0.4, 0.5) is 0 Å². The molecule has 0 radical (unpaired) electrons. The number of nitrogens with zero attached hydrogens (tertiary/aromatic N) is 1. The lowest BCUT2D eigenvalue weighted by Crippen LogP contribution is -2.61. The van der Waals surface area contributed by atoms with Crippen molar-refractivity contribution in [3.8, 4) is 0 Å². The van der Waals surface area contributed by atoms with Gasteiger partial charge in [-0.1, -0.05) is 30.3 Å². The molecule has 2 heterocycles. The van der Waals surface area contributed by atoms with Crippen LogP contribution < -0.4 is 5.32 Å². The summed E-state index contributed by atoms with van der Waals surface area (Å²) in [5.41, 5.74) is 1.09. The second kappa shape index (κ2) is 10.7. The Labute approximate surface area is 182 Å². The summed E-state index contributed by atoms with van der Waals surface area (Å²) in [7, 11) is 0. The number of piperidine rings is 1. The maximum atomic E-state index is 13.3. The number of carboxylic acid groups (broad SMARTS) is 1. The summed E-state index contributed by atoms with van der Waals surface area (Å²) in [4.78, 5) is 39.2. The molecule has 4 unspecified atom stereocenters. The SMILES string of the molecule is CCOC(=O)C(CCc1ccccc1)N[C@@H](C)C(=O)N1C(C(=O)O)CCC2COCC21. The second-order valence-electron chi connectivity index (χ2n) is 8.26. The quantitative estimate of drug-likeness (QED) is 0.571. The molecule has 0 saturated carbocycles. The summed E-state index contributed by atoms with van der Waals surface area (Å²) in [6, 6.07) is 7.29. The number of aryl methyl sites for hydroxylation is 1. The minimum atomic E-state index is -1.00. The fraction of sp³-hybridized carbons (Fsp3) is 0.609. The van der Waals surface area contributed by atoms with Gasteiger partial charge in [-0.25, -0.2) is 4.79 Å². The summed E-state index contributed by atoms with van der Waals surface area (Å²) >= 11 is 0. The Bertz CT molecular complexity index is 771. The number of hydrogen-bond acceptors (Lipinski definition) is 6. The molecule has 0 spiro atoms. The van der Waals surface area contributed by atoms with Crippen molar-refractivity contribution in [1.29, 1.82) is 0 Å². The molecule has 2 aliphatic heterocycles. The van der Waals surface area contributed by atoms with Crippen LogP contribution in [0, 0.1) is 5.92 Å². The standard InChI is InChI=1S/C23H32N2O6/c1-3-31-23(29)18(11-9-16-7-5-4-6-8-16)24-15(2)21(26)25-19(22(27)28)12-10-17-13-30-14-20(17)25/h4-8,15,17-20,24H,3,9-14H2,1-2H3,(H,27,28)/t15-,17?,18?,19?,20?/m0/s1. The third-order valence-electron chi connectivity index (χ3n) is 6.17. The molecule has 1 aromatic carbocycles. The van der Waals surface area contributed by atoms with Gasteiger partial charge in [0, 0.05) is 5.92 Å². The van der Waals surface area contributed by atoms with Crippen LogP contribution in [-0.2, 0) is 30.3 Å². The number of fused-ring (bicyclic) bond motifs is 1. The van der Waals surface area contributed by atoms with E-state index in [4.69, 9.17) is 9.47 Å². The number of carbonyl (C=O) groups is 3. The molecule has 8 heteroatoms. The van der Waals surface area contributed by atoms with E-state index in [1.54, 1.807) is 13.8 Å². The first-order valence-electron chi connectivity index (χ1n) is 11.0. The smallest absolute Gasteiger partial charge is 0.326 e. The topological polar surface area (TPSA) is 105 Å². The minimum Gasteiger partial charge on any atom is -0.480 e. The van der Waals surface area contributed by atoms with Crippen LogP contribution in [-0.4, -0.2) is 71.8 Å². The van der Waals surface area contributed by atoms with E-state index in [0.717, 1.165) is 12.0 Å². The molecule has 2 N–H and O–H groups in total. The first kappa shape index (κ1) is 23.2. The maximum Gasteiger partial charge on any atom is 0.326 e. The number of nitrogens with one attached hydrogen (secondary N) is 1. The summed E-state index contributed by atoms with van der Waals surface area (Å²) in [6.45, 7) is 4.56. The number of carboxylic acids is 1. The molecule has 2 saturated heterocycles. The number of amides is 1. The molecule has 8 nitrogen and oxygen atoms in total. The summed E-state index contributed by atoms with van der Waals surface area (Å²) in [6.07, 6.45) is 2.26. The van der Waals surface area contributed by atoms with Crippen molar-refractivity contribution in [2.24, 2.45) is 5.92 Å². The van der Waals surface area contributed by atoms with Gasteiger partial charge in [0.1, 0.15) is 12.1 Å². The Kier molecular flexibility index (Phi) is 8.03. The van der Waals surface area contributed by atoms with Gasteiger partial charge in [-0.3, -0.25) is 14.9 Å². The lowest BCUT2D eigenvalue weighted by atomic mass is 9.87. The van der Waals surface area contributed by atoms with Crippen LogP contribution in [0.15, 0.2) is 30.3 Å². The van der Waals surface area contributed by atoms with E-state index in [9.17, 15) is 19.5 Å². The van der Waals surface area contributed by atoms with Crippen LogP contribution in [0.5, 0.6) is 0 Å². The van der Waals surface area contributed by atoms with Crippen molar-refractivity contribution >= 4 is 17.8 Å².